The number of aromatic nitrogens is 2. The Morgan fingerprint density at radius 1 is 0.933 bits per heavy atom. The van der Waals surface area contributed by atoms with E-state index in [9.17, 15) is 4.79 Å². The lowest BCUT2D eigenvalue weighted by molar-refractivity contribution is 0.0951. The third kappa shape index (κ3) is 5.48. The van der Waals surface area contributed by atoms with Gasteiger partial charge in [-0.3, -0.25) is 14.4 Å². The van der Waals surface area contributed by atoms with Crippen molar-refractivity contribution in [1.82, 2.24) is 20.0 Å². The van der Waals surface area contributed by atoms with Crippen molar-refractivity contribution in [2.75, 3.05) is 44.2 Å². The van der Waals surface area contributed by atoms with Crippen molar-refractivity contribution >= 4 is 11.6 Å². The van der Waals surface area contributed by atoms with Crippen molar-refractivity contribution in [2.24, 2.45) is 0 Å². The molecule has 2 heterocycles. The van der Waals surface area contributed by atoms with Crippen molar-refractivity contribution in [3.8, 4) is 0 Å². The molecule has 0 aliphatic carbocycles. The number of nitrogens with one attached hydrogen (secondary N) is 1. The van der Waals surface area contributed by atoms with Crippen LogP contribution >= 0.6 is 0 Å². The highest BCUT2D eigenvalue weighted by Gasteiger charge is 2.16. The van der Waals surface area contributed by atoms with Crippen LogP contribution in [0.3, 0.4) is 0 Å². The molecular formula is C24H29N5O. The molecule has 1 saturated heterocycles. The highest BCUT2D eigenvalue weighted by atomic mass is 16.1. The molecule has 1 aromatic heterocycles. The minimum absolute atomic E-state index is 0.0526. The maximum absolute atomic E-state index is 12.4. The van der Waals surface area contributed by atoms with Gasteiger partial charge < -0.3 is 10.2 Å². The predicted molar refractivity (Wildman–Crippen MR) is 120 cm³/mol. The summed E-state index contributed by atoms with van der Waals surface area (Å²) in [5, 5.41) is 7.33. The van der Waals surface area contributed by atoms with Gasteiger partial charge in [0, 0.05) is 44.6 Å². The largest absolute Gasteiger partial charge is 0.369 e. The van der Waals surface area contributed by atoms with Crippen LogP contribution in [0.1, 0.15) is 22.3 Å². The van der Waals surface area contributed by atoms with Crippen LogP contribution in [0, 0.1) is 0 Å². The summed E-state index contributed by atoms with van der Waals surface area (Å²) < 4.78 is 1.80. The van der Waals surface area contributed by atoms with Crippen molar-refractivity contribution in [3.63, 3.8) is 0 Å². The number of para-hydroxylation sites is 1. The lowest BCUT2D eigenvalue weighted by atomic mass is 10.2. The van der Waals surface area contributed by atoms with Gasteiger partial charge in [-0.15, -0.1) is 0 Å². The molecule has 1 aliphatic heterocycles. The van der Waals surface area contributed by atoms with Gasteiger partial charge in [0.2, 0.25) is 0 Å². The van der Waals surface area contributed by atoms with E-state index < -0.39 is 0 Å². The van der Waals surface area contributed by atoms with E-state index in [1.54, 1.807) is 10.9 Å². The summed E-state index contributed by atoms with van der Waals surface area (Å²) in [5.41, 5.74) is 3.08. The second kappa shape index (κ2) is 10.1. The fourth-order valence-corrected chi connectivity index (χ4v) is 3.81. The predicted octanol–water partition coefficient (Wildman–Crippen LogP) is 2.87. The number of piperazine rings is 1. The number of benzene rings is 2. The van der Waals surface area contributed by atoms with Crippen molar-refractivity contribution in [1.29, 1.82) is 0 Å². The lowest BCUT2D eigenvalue weighted by Crippen LogP contribution is -2.47. The molecule has 1 N–H and O–H groups in total. The molecule has 0 radical (unpaired) electrons. The SMILES string of the molecule is O=C(NCCCN1CCN(c2ccccc2)CC1)c1cnn(Cc2ccccc2)c1. The molecule has 6 heteroatoms. The number of nitrogens with zero attached hydrogens (tertiary/aromatic N) is 4. The Labute approximate surface area is 178 Å². The fourth-order valence-electron chi connectivity index (χ4n) is 3.81. The first-order valence-corrected chi connectivity index (χ1v) is 10.6. The van der Waals surface area contributed by atoms with E-state index in [1.165, 1.54) is 11.3 Å². The number of hydrogen-bond donors (Lipinski definition) is 1. The molecule has 0 bridgehead atoms. The van der Waals surface area contributed by atoms with Gasteiger partial charge in [0.25, 0.3) is 5.91 Å². The van der Waals surface area contributed by atoms with E-state index in [0.717, 1.165) is 39.1 Å². The Balaban J connectivity index is 1.14. The van der Waals surface area contributed by atoms with Gasteiger partial charge in [0.05, 0.1) is 18.3 Å². The van der Waals surface area contributed by atoms with Crippen LogP contribution in [0.25, 0.3) is 0 Å². The number of carbonyl (C=O) groups excluding carboxylic acids is 1. The van der Waals surface area contributed by atoms with Crippen LogP contribution in [-0.4, -0.2) is 59.9 Å². The standard InChI is InChI=1S/C24H29N5O/c30-24(22-18-26-29(20-22)19-21-8-3-1-4-9-21)25-12-7-13-27-14-16-28(17-15-27)23-10-5-2-6-11-23/h1-6,8-11,18,20H,7,12-17,19H2,(H,25,30). The van der Waals surface area contributed by atoms with Crippen molar-refractivity contribution in [3.05, 3.63) is 84.2 Å². The van der Waals surface area contributed by atoms with Gasteiger partial charge in [0.1, 0.15) is 0 Å². The first kappa shape index (κ1) is 20.2. The molecule has 0 atom stereocenters. The third-order valence-corrected chi connectivity index (χ3v) is 5.51. The molecule has 156 valence electrons. The van der Waals surface area contributed by atoms with Gasteiger partial charge in [-0.1, -0.05) is 48.5 Å². The zero-order chi connectivity index (χ0) is 20.6. The van der Waals surface area contributed by atoms with Gasteiger partial charge in [-0.25, -0.2) is 0 Å². The first-order chi connectivity index (χ1) is 14.8. The Morgan fingerprint density at radius 2 is 1.63 bits per heavy atom. The summed E-state index contributed by atoms with van der Waals surface area (Å²) in [6, 6.07) is 20.7. The van der Waals surface area contributed by atoms with E-state index in [-0.39, 0.29) is 5.91 Å². The first-order valence-electron chi connectivity index (χ1n) is 10.6. The number of anilines is 1. The van der Waals surface area contributed by atoms with E-state index in [2.05, 4.69) is 62.7 Å². The van der Waals surface area contributed by atoms with Gasteiger partial charge >= 0.3 is 0 Å². The normalized spacial score (nSPS) is 14.6. The smallest absolute Gasteiger partial charge is 0.254 e. The average molecular weight is 404 g/mol. The second-order valence-corrected chi connectivity index (χ2v) is 7.69. The molecule has 30 heavy (non-hydrogen) atoms. The molecular weight excluding hydrogens is 374 g/mol. The van der Waals surface area contributed by atoms with Crippen molar-refractivity contribution in [2.45, 2.75) is 13.0 Å². The van der Waals surface area contributed by atoms with E-state index in [0.29, 0.717) is 18.7 Å². The molecule has 1 amide bonds. The maximum Gasteiger partial charge on any atom is 0.254 e. The average Bonchev–Trinajstić information content (AvgIpc) is 3.27. The molecule has 6 nitrogen and oxygen atoms in total. The molecule has 1 fully saturated rings. The highest BCUT2D eigenvalue weighted by molar-refractivity contribution is 5.93. The quantitative estimate of drug-likeness (QED) is 0.588. The number of rotatable bonds is 8. The summed E-state index contributed by atoms with van der Waals surface area (Å²) in [6.45, 7) is 6.60. The topological polar surface area (TPSA) is 53.4 Å². The van der Waals surface area contributed by atoms with Crippen LogP contribution in [0.2, 0.25) is 0 Å². The molecule has 0 spiro atoms. The molecule has 4 rings (SSSR count). The monoisotopic (exact) mass is 403 g/mol. The fraction of sp³-hybridized carbons (Fsp3) is 0.333. The maximum atomic E-state index is 12.4. The van der Waals surface area contributed by atoms with Gasteiger partial charge in [-0.05, 0) is 30.7 Å². The minimum Gasteiger partial charge on any atom is -0.369 e. The molecule has 0 unspecified atom stereocenters. The number of amides is 1. The Kier molecular flexibility index (Phi) is 6.77. The van der Waals surface area contributed by atoms with Gasteiger partial charge in [-0.2, -0.15) is 5.10 Å². The Hall–Kier alpha value is -3.12. The van der Waals surface area contributed by atoms with Crippen LogP contribution < -0.4 is 10.2 Å². The van der Waals surface area contributed by atoms with E-state index in [4.69, 9.17) is 0 Å². The minimum atomic E-state index is -0.0526. The molecule has 3 aromatic rings. The van der Waals surface area contributed by atoms with Crippen LogP contribution in [0.4, 0.5) is 5.69 Å². The summed E-state index contributed by atoms with van der Waals surface area (Å²) >= 11 is 0. The number of hydrogen-bond acceptors (Lipinski definition) is 4. The summed E-state index contributed by atoms with van der Waals surface area (Å²) in [4.78, 5) is 17.3. The van der Waals surface area contributed by atoms with Crippen molar-refractivity contribution < 1.29 is 4.79 Å². The Bertz CT molecular complexity index is 917. The van der Waals surface area contributed by atoms with E-state index >= 15 is 0 Å². The zero-order valence-corrected chi connectivity index (χ0v) is 17.3. The Morgan fingerprint density at radius 3 is 2.37 bits per heavy atom. The number of carbonyl (C=O) groups is 1. The van der Waals surface area contributed by atoms with Crippen LogP contribution in [0.15, 0.2) is 73.1 Å². The summed E-state index contributed by atoms with van der Waals surface area (Å²) in [7, 11) is 0. The zero-order valence-electron chi connectivity index (χ0n) is 17.3. The summed E-state index contributed by atoms with van der Waals surface area (Å²) in [5.74, 6) is -0.0526. The second-order valence-electron chi connectivity index (χ2n) is 7.69. The van der Waals surface area contributed by atoms with E-state index in [1.807, 2.05) is 24.4 Å². The highest BCUT2D eigenvalue weighted by Crippen LogP contribution is 2.15. The molecule has 0 saturated carbocycles. The van der Waals surface area contributed by atoms with Gasteiger partial charge in [0.15, 0.2) is 0 Å². The lowest BCUT2D eigenvalue weighted by Gasteiger charge is -2.36. The van der Waals surface area contributed by atoms with Crippen LogP contribution in [0.5, 0.6) is 0 Å². The molecule has 2 aromatic carbocycles. The van der Waals surface area contributed by atoms with Crippen LogP contribution in [-0.2, 0) is 6.54 Å². The molecule has 1 aliphatic rings. The summed E-state index contributed by atoms with van der Waals surface area (Å²) in [6.07, 6.45) is 4.40. The third-order valence-electron chi connectivity index (χ3n) is 5.51.